The molecule has 150 valence electrons. The van der Waals surface area contributed by atoms with E-state index in [-0.39, 0.29) is 11.7 Å². The number of fused-ring (bicyclic) bond motifs is 1. The van der Waals surface area contributed by atoms with Crippen LogP contribution in [-0.4, -0.2) is 27.6 Å². The van der Waals surface area contributed by atoms with Gasteiger partial charge in [-0.1, -0.05) is 29.8 Å². The van der Waals surface area contributed by atoms with Gasteiger partial charge in [0, 0.05) is 24.3 Å². The predicted octanol–water partition coefficient (Wildman–Crippen LogP) is 3.60. The SMILES string of the molecule is CNC(=O)/C=C(/c1ccc(C)cc1)c1ccc2nc(N)c(-c3ccc(F)cc3)n2n1. The van der Waals surface area contributed by atoms with Crippen molar-refractivity contribution in [2.75, 3.05) is 12.8 Å². The molecule has 0 spiro atoms. The molecule has 0 aliphatic carbocycles. The Hall–Kier alpha value is -4.00. The van der Waals surface area contributed by atoms with E-state index in [4.69, 9.17) is 10.8 Å². The fourth-order valence-corrected chi connectivity index (χ4v) is 3.21. The van der Waals surface area contributed by atoms with Gasteiger partial charge in [-0.2, -0.15) is 5.10 Å². The minimum atomic E-state index is -0.338. The topological polar surface area (TPSA) is 85.3 Å². The Balaban J connectivity index is 1.91. The molecule has 2 aromatic carbocycles. The van der Waals surface area contributed by atoms with Gasteiger partial charge < -0.3 is 11.1 Å². The van der Waals surface area contributed by atoms with E-state index in [2.05, 4.69) is 10.3 Å². The number of nitrogens with two attached hydrogens (primary N) is 1. The number of hydrogen-bond donors (Lipinski definition) is 2. The molecule has 0 aliphatic heterocycles. The lowest BCUT2D eigenvalue weighted by molar-refractivity contribution is -0.116. The molecule has 0 saturated carbocycles. The number of nitrogens with one attached hydrogen (secondary N) is 1. The van der Waals surface area contributed by atoms with Crippen molar-refractivity contribution in [3.63, 3.8) is 0 Å². The van der Waals surface area contributed by atoms with Crippen molar-refractivity contribution in [2.45, 2.75) is 6.92 Å². The maximum atomic E-state index is 13.4. The van der Waals surface area contributed by atoms with Crippen LogP contribution in [0.2, 0.25) is 0 Å². The molecule has 30 heavy (non-hydrogen) atoms. The summed E-state index contributed by atoms with van der Waals surface area (Å²) in [5.74, 6) is -0.287. The van der Waals surface area contributed by atoms with E-state index in [0.29, 0.717) is 34.0 Å². The summed E-state index contributed by atoms with van der Waals surface area (Å²) >= 11 is 0. The number of nitrogen functional groups attached to an aromatic ring is 1. The first-order valence-corrected chi connectivity index (χ1v) is 9.38. The number of rotatable bonds is 4. The molecule has 6 nitrogen and oxygen atoms in total. The Labute approximate surface area is 172 Å². The summed E-state index contributed by atoms with van der Waals surface area (Å²) in [5.41, 5.74) is 11.2. The van der Waals surface area contributed by atoms with Crippen molar-refractivity contribution >= 4 is 22.9 Å². The number of anilines is 1. The fraction of sp³-hybridized carbons (Fsp3) is 0.0870. The molecule has 2 aromatic heterocycles. The van der Waals surface area contributed by atoms with E-state index in [0.717, 1.165) is 11.1 Å². The molecule has 2 heterocycles. The summed E-state index contributed by atoms with van der Waals surface area (Å²) in [5, 5.41) is 7.33. The van der Waals surface area contributed by atoms with Crippen LogP contribution in [0.4, 0.5) is 10.2 Å². The fourth-order valence-electron chi connectivity index (χ4n) is 3.21. The number of aromatic nitrogens is 3. The number of carbonyl (C=O) groups is 1. The van der Waals surface area contributed by atoms with Crippen LogP contribution in [0.5, 0.6) is 0 Å². The van der Waals surface area contributed by atoms with Crippen LogP contribution in [-0.2, 0) is 4.79 Å². The number of halogens is 1. The van der Waals surface area contributed by atoms with Crippen molar-refractivity contribution in [3.8, 4) is 11.3 Å². The quantitative estimate of drug-likeness (QED) is 0.512. The van der Waals surface area contributed by atoms with Crippen LogP contribution < -0.4 is 11.1 Å². The third-order valence-electron chi connectivity index (χ3n) is 4.78. The molecule has 0 saturated heterocycles. The van der Waals surface area contributed by atoms with Crippen LogP contribution >= 0.6 is 0 Å². The van der Waals surface area contributed by atoms with E-state index >= 15 is 0 Å². The molecule has 0 atom stereocenters. The normalized spacial score (nSPS) is 11.6. The monoisotopic (exact) mass is 401 g/mol. The highest BCUT2D eigenvalue weighted by Crippen LogP contribution is 2.29. The molecule has 1 amide bonds. The Bertz CT molecular complexity index is 1260. The van der Waals surface area contributed by atoms with E-state index < -0.39 is 0 Å². The second kappa shape index (κ2) is 7.79. The summed E-state index contributed by atoms with van der Waals surface area (Å²) in [6, 6.07) is 17.4. The van der Waals surface area contributed by atoms with Gasteiger partial charge in [-0.3, -0.25) is 4.79 Å². The number of hydrogen-bond acceptors (Lipinski definition) is 4. The molecule has 0 radical (unpaired) electrons. The standard InChI is InChI=1S/C23H20FN5O/c1-14-3-5-15(6-4-14)18(13-21(30)26-2)19-11-12-20-27-23(25)22(29(20)28-19)16-7-9-17(24)10-8-16/h3-13H,25H2,1-2H3,(H,26,30)/b18-13-. The Morgan fingerprint density at radius 1 is 1.07 bits per heavy atom. The average Bonchev–Trinajstić information content (AvgIpc) is 3.08. The van der Waals surface area contributed by atoms with Gasteiger partial charge in [0.15, 0.2) is 11.5 Å². The van der Waals surface area contributed by atoms with Crippen molar-refractivity contribution < 1.29 is 9.18 Å². The lowest BCUT2D eigenvalue weighted by Gasteiger charge is -2.10. The van der Waals surface area contributed by atoms with E-state index in [1.54, 1.807) is 35.8 Å². The maximum absolute atomic E-state index is 13.4. The van der Waals surface area contributed by atoms with E-state index in [1.165, 1.54) is 18.2 Å². The largest absolute Gasteiger partial charge is 0.382 e. The second-order valence-corrected chi connectivity index (χ2v) is 6.88. The molecular formula is C23H20FN5O. The molecule has 3 N–H and O–H groups in total. The highest BCUT2D eigenvalue weighted by atomic mass is 19.1. The van der Waals surface area contributed by atoms with Gasteiger partial charge in [-0.25, -0.2) is 13.9 Å². The maximum Gasteiger partial charge on any atom is 0.244 e. The summed E-state index contributed by atoms with van der Waals surface area (Å²) in [7, 11) is 1.57. The zero-order valence-corrected chi connectivity index (χ0v) is 16.6. The Kier molecular flexibility index (Phi) is 5.02. The third-order valence-corrected chi connectivity index (χ3v) is 4.78. The van der Waals surface area contributed by atoms with Gasteiger partial charge in [0.2, 0.25) is 5.91 Å². The van der Waals surface area contributed by atoms with E-state index in [9.17, 15) is 9.18 Å². The van der Waals surface area contributed by atoms with E-state index in [1.807, 2.05) is 31.2 Å². The van der Waals surface area contributed by atoms with Gasteiger partial charge in [0.1, 0.15) is 11.5 Å². The molecule has 0 fully saturated rings. The van der Waals surface area contributed by atoms with Crippen LogP contribution in [0.1, 0.15) is 16.8 Å². The minimum absolute atomic E-state index is 0.239. The molecule has 4 rings (SSSR count). The van der Waals surface area contributed by atoms with Gasteiger partial charge in [-0.15, -0.1) is 0 Å². The highest BCUT2D eigenvalue weighted by Gasteiger charge is 2.16. The molecule has 0 bridgehead atoms. The number of carbonyl (C=O) groups excluding carboxylic acids is 1. The lowest BCUT2D eigenvalue weighted by Crippen LogP contribution is -2.15. The van der Waals surface area contributed by atoms with Crippen molar-refractivity contribution in [2.24, 2.45) is 0 Å². The predicted molar refractivity (Wildman–Crippen MR) is 115 cm³/mol. The van der Waals surface area contributed by atoms with Gasteiger partial charge in [-0.05, 0) is 48.9 Å². The third kappa shape index (κ3) is 3.65. The smallest absolute Gasteiger partial charge is 0.244 e. The molecule has 0 aliphatic rings. The summed E-state index contributed by atoms with van der Waals surface area (Å²) in [6.07, 6.45) is 1.51. The van der Waals surface area contributed by atoms with Crippen LogP contribution in [0.15, 0.2) is 66.7 Å². The lowest BCUT2D eigenvalue weighted by atomic mass is 10.0. The number of likely N-dealkylation sites (N-methyl/N-ethyl adjacent to an activating group) is 1. The van der Waals surface area contributed by atoms with Crippen molar-refractivity contribution in [3.05, 3.63) is 89.4 Å². The average molecular weight is 401 g/mol. The van der Waals surface area contributed by atoms with Crippen molar-refractivity contribution in [1.29, 1.82) is 0 Å². The van der Waals surface area contributed by atoms with Gasteiger partial charge in [0.05, 0.1) is 5.69 Å². The molecule has 0 unspecified atom stereocenters. The first-order valence-electron chi connectivity index (χ1n) is 9.38. The zero-order chi connectivity index (χ0) is 21.3. The summed E-state index contributed by atoms with van der Waals surface area (Å²) in [4.78, 5) is 16.5. The molecule has 4 aromatic rings. The Morgan fingerprint density at radius 2 is 1.77 bits per heavy atom. The number of benzene rings is 2. The summed E-state index contributed by atoms with van der Waals surface area (Å²) < 4.78 is 15.0. The highest BCUT2D eigenvalue weighted by molar-refractivity contribution is 5.98. The first-order chi connectivity index (χ1) is 14.5. The minimum Gasteiger partial charge on any atom is -0.382 e. The molecular weight excluding hydrogens is 381 g/mol. The Morgan fingerprint density at radius 3 is 2.43 bits per heavy atom. The first kappa shape index (κ1) is 19.3. The van der Waals surface area contributed by atoms with Crippen molar-refractivity contribution in [1.82, 2.24) is 19.9 Å². The second-order valence-electron chi connectivity index (χ2n) is 6.88. The number of amides is 1. The van der Waals surface area contributed by atoms with Crippen LogP contribution in [0.25, 0.3) is 22.5 Å². The van der Waals surface area contributed by atoms with Gasteiger partial charge >= 0.3 is 0 Å². The zero-order valence-electron chi connectivity index (χ0n) is 16.6. The number of aryl methyl sites for hydroxylation is 1. The van der Waals surface area contributed by atoms with Gasteiger partial charge in [0.25, 0.3) is 0 Å². The number of nitrogens with zero attached hydrogens (tertiary/aromatic N) is 3. The van der Waals surface area contributed by atoms with Crippen LogP contribution in [0.3, 0.4) is 0 Å². The molecule has 7 heteroatoms. The summed E-state index contributed by atoms with van der Waals surface area (Å²) in [6.45, 7) is 2.00. The number of imidazole rings is 1. The van der Waals surface area contributed by atoms with Crippen LogP contribution in [0, 0.1) is 12.7 Å².